The number of carbonyl (C=O) groups is 1. The molecule has 0 saturated carbocycles. The molecule has 0 aromatic heterocycles. The molecular formula is C14H19FO4. The summed E-state index contributed by atoms with van der Waals surface area (Å²) >= 11 is 0. The van der Waals surface area contributed by atoms with Crippen molar-refractivity contribution in [1.29, 1.82) is 0 Å². The summed E-state index contributed by atoms with van der Waals surface area (Å²) in [5.74, 6) is -0.0963. The summed E-state index contributed by atoms with van der Waals surface area (Å²) in [6.07, 6.45) is 0.0741. The number of hydrogen-bond acceptors (Lipinski definition) is 4. The van der Waals surface area contributed by atoms with Gasteiger partial charge in [-0.1, -0.05) is 6.92 Å². The minimum Gasteiger partial charge on any atom is -0.494 e. The Labute approximate surface area is 112 Å². The minimum atomic E-state index is -0.440. The molecule has 0 spiro atoms. The Morgan fingerprint density at radius 2 is 2.00 bits per heavy atom. The molecular weight excluding hydrogens is 251 g/mol. The number of rotatable bonds is 6. The number of ether oxygens (including phenoxy) is 3. The molecule has 0 aliphatic rings. The molecule has 0 radical (unpaired) electrons. The van der Waals surface area contributed by atoms with Crippen LogP contribution in [0.5, 0.6) is 11.5 Å². The Morgan fingerprint density at radius 3 is 2.58 bits per heavy atom. The van der Waals surface area contributed by atoms with Crippen LogP contribution in [0.3, 0.4) is 0 Å². The molecule has 2 atom stereocenters. The van der Waals surface area contributed by atoms with E-state index in [1.807, 2.05) is 13.8 Å². The van der Waals surface area contributed by atoms with Crippen molar-refractivity contribution in [2.45, 2.75) is 26.4 Å². The Balaban J connectivity index is 2.65. The summed E-state index contributed by atoms with van der Waals surface area (Å²) in [7, 11) is 2.75. The van der Waals surface area contributed by atoms with Crippen LogP contribution in [0, 0.1) is 11.7 Å². The van der Waals surface area contributed by atoms with Gasteiger partial charge >= 0.3 is 5.97 Å². The first kappa shape index (κ1) is 15.3. The van der Waals surface area contributed by atoms with Crippen LogP contribution in [0.4, 0.5) is 4.39 Å². The Kier molecular flexibility index (Phi) is 5.60. The maximum Gasteiger partial charge on any atom is 0.305 e. The van der Waals surface area contributed by atoms with E-state index >= 15 is 0 Å². The van der Waals surface area contributed by atoms with Crippen LogP contribution in [0.15, 0.2) is 18.2 Å². The average Bonchev–Trinajstić information content (AvgIpc) is 2.40. The maximum absolute atomic E-state index is 13.2. The van der Waals surface area contributed by atoms with Crippen molar-refractivity contribution in [2.75, 3.05) is 14.2 Å². The topological polar surface area (TPSA) is 44.8 Å². The summed E-state index contributed by atoms with van der Waals surface area (Å²) in [5, 5.41) is 0. The highest BCUT2D eigenvalue weighted by Gasteiger charge is 2.18. The van der Waals surface area contributed by atoms with E-state index in [9.17, 15) is 9.18 Å². The van der Waals surface area contributed by atoms with Gasteiger partial charge in [-0.2, -0.15) is 0 Å². The van der Waals surface area contributed by atoms with Crippen molar-refractivity contribution in [1.82, 2.24) is 0 Å². The van der Waals surface area contributed by atoms with Crippen molar-refractivity contribution < 1.29 is 23.4 Å². The smallest absolute Gasteiger partial charge is 0.305 e. The number of carbonyl (C=O) groups excluding carboxylic acids is 1. The lowest BCUT2D eigenvalue weighted by atomic mass is 10.0. The van der Waals surface area contributed by atoms with Gasteiger partial charge in [-0.05, 0) is 19.1 Å². The zero-order valence-corrected chi connectivity index (χ0v) is 11.6. The molecule has 1 rings (SSSR count). The summed E-state index contributed by atoms with van der Waals surface area (Å²) in [4.78, 5) is 11.2. The number of methoxy groups -OCH3 is 2. The van der Waals surface area contributed by atoms with Gasteiger partial charge < -0.3 is 14.2 Å². The molecule has 0 fully saturated rings. The third-order valence-corrected chi connectivity index (χ3v) is 2.96. The second-order valence-corrected chi connectivity index (χ2v) is 4.38. The second-order valence-electron chi connectivity index (χ2n) is 4.38. The fourth-order valence-corrected chi connectivity index (χ4v) is 1.56. The fraction of sp³-hybridized carbons (Fsp3) is 0.500. The Bertz CT molecular complexity index is 433. The lowest BCUT2D eigenvalue weighted by Crippen LogP contribution is -2.24. The molecule has 0 N–H and O–H groups in total. The van der Waals surface area contributed by atoms with Gasteiger partial charge in [-0.15, -0.1) is 0 Å². The van der Waals surface area contributed by atoms with E-state index in [0.717, 1.165) is 0 Å². The fourth-order valence-electron chi connectivity index (χ4n) is 1.56. The van der Waals surface area contributed by atoms with Crippen LogP contribution in [0.1, 0.15) is 20.3 Å². The van der Waals surface area contributed by atoms with Crippen molar-refractivity contribution in [2.24, 2.45) is 5.92 Å². The Hall–Kier alpha value is -1.78. The summed E-state index contributed by atoms with van der Waals surface area (Å²) in [6.45, 7) is 3.74. The minimum absolute atomic E-state index is 0.0107. The monoisotopic (exact) mass is 270 g/mol. The van der Waals surface area contributed by atoms with Gasteiger partial charge in [-0.25, -0.2) is 4.39 Å². The number of hydrogen-bond donors (Lipinski definition) is 0. The van der Waals surface area contributed by atoms with Gasteiger partial charge in [0.15, 0.2) is 11.6 Å². The zero-order chi connectivity index (χ0) is 14.4. The highest BCUT2D eigenvalue weighted by Crippen LogP contribution is 2.25. The van der Waals surface area contributed by atoms with Gasteiger partial charge in [0, 0.05) is 12.0 Å². The second kappa shape index (κ2) is 6.97. The standard InChI is InChI=1S/C14H19FO4/c1-9(7-14(16)18-4)10(2)19-11-5-6-12(15)13(8-11)17-3/h5-6,8-10H,7H2,1-4H3. The largest absolute Gasteiger partial charge is 0.494 e. The van der Waals surface area contributed by atoms with E-state index in [0.29, 0.717) is 5.75 Å². The highest BCUT2D eigenvalue weighted by molar-refractivity contribution is 5.69. The molecule has 106 valence electrons. The molecule has 0 amide bonds. The van der Waals surface area contributed by atoms with E-state index in [1.54, 1.807) is 0 Å². The molecule has 0 bridgehead atoms. The van der Waals surface area contributed by atoms with E-state index in [1.165, 1.54) is 32.4 Å². The molecule has 4 nitrogen and oxygen atoms in total. The van der Waals surface area contributed by atoms with E-state index in [2.05, 4.69) is 4.74 Å². The maximum atomic E-state index is 13.2. The first-order chi connectivity index (χ1) is 8.97. The molecule has 1 aromatic rings. The zero-order valence-electron chi connectivity index (χ0n) is 11.6. The van der Waals surface area contributed by atoms with Crippen LogP contribution >= 0.6 is 0 Å². The third kappa shape index (κ3) is 4.43. The van der Waals surface area contributed by atoms with Crippen molar-refractivity contribution in [3.05, 3.63) is 24.0 Å². The van der Waals surface area contributed by atoms with Gasteiger partial charge in [-0.3, -0.25) is 4.79 Å². The SMILES string of the molecule is COC(=O)CC(C)C(C)Oc1ccc(F)c(OC)c1. The quantitative estimate of drug-likeness (QED) is 0.746. The van der Waals surface area contributed by atoms with Crippen LogP contribution in [0.25, 0.3) is 0 Å². The summed E-state index contributed by atoms with van der Waals surface area (Å²) < 4.78 is 28.4. The molecule has 1 aromatic carbocycles. The van der Waals surface area contributed by atoms with Crippen LogP contribution in [-0.2, 0) is 9.53 Å². The molecule has 0 aliphatic carbocycles. The van der Waals surface area contributed by atoms with Crippen molar-refractivity contribution in [3.63, 3.8) is 0 Å². The van der Waals surface area contributed by atoms with Gasteiger partial charge in [0.1, 0.15) is 5.75 Å². The molecule has 5 heteroatoms. The van der Waals surface area contributed by atoms with Gasteiger partial charge in [0.25, 0.3) is 0 Å². The van der Waals surface area contributed by atoms with Crippen LogP contribution < -0.4 is 9.47 Å². The van der Waals surface area contributed by atoms with Crippen LogP contribution in [-0.4, -0.2) is 26.3 Å². The van der Waals surface area contributed by atoms with Gasteiger partial charge in [0.05, 0.1) is 26.7 Å². The summed E-state index contributed by atoms with van der Waals surface area (Å²) in [6, 6.07) is 4.29. The lowest BCUT2D eigenvalue weighted by Gasteiger charge is -2.21. The van der Waals surface area contributed by atoms with Crippen molar-refractivity contribution >= 4 is 5.97 Å². The first-order valence-electron chi connectivity index (χ1n) is 6.05. The van der Waals surface area contributed by atoms with E-state index in [4.69, 9.17) is 9.47 Å². The van der Waals surface area contributed by atoms with Crippen molar-refractivity contribution in [3.8, 4) is 11.5 Å². The highest BCUT2D eigenvalue weighted by atomic mass is 19.1. The van der Waals surface area contributed by atoms with Gasteiger partial charge in [0.2, 0.25) is 0 Å². The van der Waals surface area contributed by atoms with Crippen LogP contribution in [0.2, 0.25) is 0 Å². The summed E-state index contributed by atoms with van der Waals surface area (Å²) in [5.41, 5.74) is 0. The number of halogens is 1. The third-order valence-electron chi connectivity index (χ3n) is 2.96. The number of benzene rings is 1. The predicted octanol–water partition coefficient (Wildman–Crippen LogP) is 2.80. The average molecular weight is 270 g/mol. The predicted molar refractivity (Wildman–Crippen MR) is 68.8 cm³/mol. The van der Waals surface area contributed by atoms with E-state index < -0.39 is 5.82 Å². The molecule has 19 heavy (non-hydrogen) atoms. The molecule has 2 unspecified atom stereocenters. The Morgan fingerprint density at radius 1 is 1.32 bits per heavy atom. The lowest BCUT2D eigenvalue weighted by molar-refractivity contribution is -0.142. The molecule has 0 heterocycles. The molecule has 0 aliphatic heterocycles. The first-order valence-corrected chi connectivity index (χ1v) is 6.05. The number of esters is 1. The molecule has 0 saturated heterocycles. The normalized spacial score (nSPS) is 13.5. The van der Waals surface area contributed by atoms with E-state index in [-0.39, 0.29) is 30.2 Å².